The third-order valence-corrected chi connectivity index (χ3v) is 3.60. The number of rotatable bonds is 3. The Labute approximate surface area is 145 Å². The van der Waals surface area contributed by atoms with E-state index >= 15 is 0 Å². The highest BCUT2D eigenvalue weighted by atomic mass is 35.5. The average molecular weight is 350 g/mol. The molecule has 0 atom stereocenters. The molecule has 1 heterocycles. The Morgan fingerprint density at radius 1 is 1.29 bits per heavy atom. The van der Waals surface area contributed by atoms with E-state index in [2.05, 4.69) is 4.98 Å². The predicted molar refractivity (Wildman–Crippen MR) is 95.7 cm³/mol. The van der Waals surface area contributed by atoms with Crippen LogP contribution in [-0.2, 0) is 9.53 Å². The van der Waals surface area contributed by atoms with Gasteiger partial charge in [-0.2, -0.15) is 0 Å². The van der Waals surface area contributed by atoms with Crippen molar-refractivity contribution >= 4 is 34.5 Å². The van der Waals surface area contributed by atoms with Crippen LogP contribution in [0.15, 0.2) is 23.0 Å². The molecule has 0 fully saturated rings. The maximum Gasteiger partial charge on any atom is 0.331 e. The van der Waals surface area contributed by atoms with Gasteiger partial charge in [-0.15, -0.1) is 0 Å². The molecule has 0 unspecified atom stereocenters. The second-order valence-corrected chi connectivity index (χ2v) is 6.80. The smallest absolute Gasteiger partial charge is 0.331 e. The van der Waals surface area contributed by atoms with E-state index in [4.69, 9.17) is 21.1 Å². The summed E-state index contributed by atoms with van der Waals surface area (Å²) in [6, 6.07) is 3.23. The number of nitrogens with one attached hydrogen (secondary N) is 1. The van der Waals surface area contributed by atoms with E-state index in [-0.39, 0.29) is 5.43 Å². The molecule has 0 amide bonds. The number of esters is 1. The Balaban J connectivity index is 2.49. The van der Waals surface area contributed by atoms with Gasteiger partial charge in [-0.25, -0.2) is 4.79 Å². The van der Waals surface area contributed by atoms with Crippen LogP contribution in [0.1, 0.15) is 32.0 Å². The largest absolute Gasteiger partial charge is 0.495 e. The number of aromatic nitrogens is 1. The van der Waals surface area contributed by atoms with E-state index in [1.807, 2.05) is 0 Å². The molecule has 0 saturated carbocycles. The van der Waals surface area contributed by atoms with E-state index in [9.17, 15) is 9.59 Å². The van der Waals surface area contributed by atoms with E-state index in [0.717, 1.165) is 0 Å². The van der Waals surface area contributed by atoms with Crippen LogP contribution >= 0.6 is 11.6 Å². The van der Waals surface area contributed by atoms with Gasteiger partial charge in [0.2, 0.25) is 0 Å². The molecule has 0 bridgehead atoms. The Hall–Kier alpha value is -2.27. The zero-order valence-electron chi connectivity index (χ0n) is 14.3. The molecule has 0 aliphatic rings. The maximum absolute atomic E-state index is 12.7. The van der Waals surface area contributed by atoms with Crippen LogP contribution in [-0.4, -0.2) is 23.7 Å². The summed E-state index contributed by atoms with van der Waals surface area (Å²) in [4.78, 5) is 27.6. The van der Waals surface area contributed by atoms with Crippen LogP contribution in [0.3, 0.4) is 0 Å². The number of aromatic amines is 1. The van der Waals surface area contributed by atoms with Crippen molar-refractivity contribution in [2.75, 3.05) is 7.11 Å². The monoisotopic (exact) mass is 349 g/mol. The fourth-order valence-corrected chi connectivity index (χ4v) is 2.51. The summed E-state index contributed by atoms with van der Waals surface area (Å²) in [5, 5.41) is 0.775. The van der Waals surface area contributed by atoms with Crippen LogP contribution < -0.4 is 10.2 Å². The fraction of sp³-hybridized carbons (Fsp3) is 0.333. The number of carbonyl (C=O) groups excluding carboxylic acids is 1. The van der Waals surface area contributed by atoms with E-state index in [1.54, 1.807) is 39.8 Å². The summed E-state index contributed by atoms with van der Waals surface area (Å²) >= 11 is 6.10. The number of hydrogen-bond donors (Lipinski definition) is 1. The van der Waals surface area contributed by atoms with Gasteiger partial charge in [0.15, 0.2) is 5.43 Å². The molecule has 1 aromatic heterocycles. The summed E-state index contributed by atoms with van der Waals surface area (Å²) in [5.74, 6) is -0.0228. The normalized spacial score (nSPS) is 11.9. The van der Waals surface area contributed by atoms with Crippen LogP contribution in [0, 0.1) is 6.92 Å². The summed E-state index contributed by atoms with van der Waals surface area (Å²) < 4.78 is 10.4. The molecule has 2 rings (SSSR count). The Bertz CT molecular complexity index is 875. The standard InChI is InChI=1S/C18H20ClNO4/c1-10-11(6-7-16(21)24-18(2,3)4)17(22)12-8-13(19)15(23-5)9-14(12)20-10/h6-9H,1-5H3,(H,20,22)/b7-6+. The first-order chi connectivity index (χ1) is 11.1. The van der Waals surface area contributed by atoms with Gasteiger partial charge in [0.25, 0.3) is 0 Å². The second-order valence-electron chi connectivity index (χ2n) is 6.39. The summed E-state index contributed by atoms with van der Waals surface area (Å²) in [6.07, 6.45) is 2.71. The molecule has 2 aromatic rings. The molecule has 5 nitrogen and oxygen atoms in total. The number of pyridine rings is 1. The molecule has 0 saturated heterocycles. The van der Waals surface area contributed by atoms with E-state index < -0.39 is 11.6 Å². The average Bonchev–Trinajstić information content (AvgIpc) is 2.45. The number of methoxy groups -OCH3 is 1. The first kappa shape index (κ1) is 18.1. The molecule has 24 heavy (non-hydrogen) atoms. The molecular formula is C18H20ClNO4. The lowest BCUT2D eigenvalue weighted by Gasteiger charge is -2.17. The molecule has 0 aliphatic heterocycles. The molecule has 0 spiro atoms. The molecule has 128 valence electrons. The molecule has 0 aliphatic carbocycles. The van der Waals surface area contributed by atoms with Gasteiger partial charge < -0.3 is 14.5 Å². The minimum Gasteiger partial charge on any atom is -0.495 e. The van der Waals surface area contributed by atoms with Crippen LogP contribution in [0.2, 0.25) is 5.02 Å². The highest BCUT2D eigenvalue weighted by Gasteiger charge is 2.15. The topological polar surface area (TPSA) is 68.4 Å². The van der Waals surface area contributed by atoms with E-state index in [1.165, 1.54) is 19.3 Å². The molecule has 1 aromatic carbocycles. The quantitative estimate of drug-likeness (QED) is 0.675. The SMILES string of the molecule is COc1cc2[nH]c(C)c(/C=C/C(=O)OC(C)(C)C)c(=O)c2cc1Cl. The molecule has 1 N–H and O–H groups in total. The lowest BCUT2D eigenvalue weighted by Crippen LogP contribution is -2.22. The highest BCUT2D eigenvalue weighted by molar-refractivity contribution is 6.32. The Morgan fingerprint density at radius 2 is 1.96 bits per heavy atom. The minimum absolute atomic E-state index is 0.217. The summed E-state index contributed by atoms with van der Waals surface area (Å²) in [6.45, 7) is 7.10. The van der Waals surface area contributed by atoms with Crippen molar-refractivity contribution in [1.82, 2.24) is 4.98 Å². The van der Waals surface area contributed by atoms with Crippen molar-refractivity contribution in [3.05, 3.63) is 44.7 Å². The van der Waals surface area contributed by atoms with Crippen molar-refractivity contribution in [2.24, 2.45) is 0 Å². The number of carbonyl (C=O) groups is 1. The first-order valence-electron chi connectivity index (χ1n) is 7.43. The zero-order chi connectivity index (χ0) is 18.1. The number of H-pyrrole nitrogens is 1. The number of fused-ring (bicyclic) bond motifs is 1. The summed E-state index contributed by atoms with van der Waals surface area (Å²) in [7, 11) is 1.51. The molecule has 6 heteroatoms. The number of ether oxygens (including phenoxy) is 2. The number of hydrogen-bond acceptors (Lipinski definition) is 4. The maximum atomic E-state index is 12.7. The van der Waals surface area contributed by atoms with Crippen LogP contribution in [0.5, 0.6) is 5.75 Å². The van der Waals surface area contributed by atoms with Gasteiger partial charge in [-0.3, -0.25) is 4.79 Å². The van der Waals surface area contributed by atoms with Crippen LogP contribution in [0.4, 0.5) is 0 Å². The zero-order valence-corrected chi connectivity index (χ0v) is 15.1. The van der Waals surface area contributed by atoms with Crippen molar-refractivity contribution in [2.45, 2.75) is 33.3 Å². The molecule has 0 radical (unpaired) electrons. The van der Waals surface area contributed by atoms with Crippen molar-refractivity contribution in [3.8, 4) is 5.75 Å². The number of halogens is 1. The van der Waals surface area contributed by atoms with Gasteiger partial charge in [0.1, 0.15) is 11.4 Å². The minimum atomic E-state index is -0.587. The van der Waals surface area contributed by atoms with Gasteiger partial charge >= 0.3 is 5.97 Å². The van der Waals surface area contributed by atoms with Gasteiger partial charge in [-0.05, 0) is 39.8 Å². The second kappa shape index (κ2) is 6.69. The van der Waals surface area contributed by atoms with Crippen molar-refractivity contribution < 1.29 is 14.3 Å². The highest BCUT2D eigenvalue weighted by Crippen LogP contribution is 2.28. The van der Waals surface area contributed by atoms with Gasteiger partial charge in [0.05, 0.1) is 17.6 Å². The lowest BCUT2D eigenvalue weighted by atomic mass is 10.1. The third-order valence-electron chi connectivity index (χ3n) is 3.30. The van der Waals surface area contributed by atoms with Crippen molar-refractivity contribution in [3.63, 3.8) is 0 Å². The lowest BCUT2D eigenvalue weighted by molar-refractivity contribution is -0.148. The van der Waals surface area contributed by atoms with Gasteiger partial charge in [0, 0.05) is 28.8 Å². The van der Waals surface area contributed by atoms with E-state index in [0.29, 0.717) is 32.9 Å². The predicted octanol–water partition coefficient (Wildman–Crippen LogP) is 3.85. The molecular weight excluding hydrogens is 330 g/mol. The van der Waals surface area contributed by atoms with Crippen LogP contribution in [0.25, 0.3) is 17.0 Å². The number of benzene rings is 1. The Morgan fingerprint density at radius 3 is 2.54 bits per heavy atom. The van der Waals surface area contributed by atoms with Crippen molar-refractivity contribution in [1.29, 1.82) is 0 Å². The first-order valence-corrected chi connectivity index (χ1v) is 7.81. The summed E-state index contributed by atoms with van der Waals surface area (Å²) in [5.41, 5.74) is 0.834. The fourth-order valence-electron chi connectivity index (χ4n) is 2.27. The Kier molecular flexibility index (Phi) is 5.04. The van der Waals surface area contributed by atoms with Gasteiger partial charge in [-0.1, -0.05) is 11.6 Å². The number of aryl methyl sites for hydroxylation is 1. The third kappa shape index (κ3) is 3.97.